The molecule has 3 heteroatoms. The first kappa shape index (κ1) is 24.4. The van der Waals surface area contributed by atoms with Crippen molar-refractivity contribution in [2.75, 3.05) is 6.61 Å². The zero-order valence-corrected chi connectivity index (χ0v) is 18.9. The standard InChI is InChI=1S/C24H39BrO2/c1-2-3-4-5-6-7-8-9-10-11-12-13-17-20-24(25)27-21-23(26)22-18-15-14-16-19-22/h14-16,18-19,24H,2-13,17,20-21H2,1H3. The van der Waals surface area contributed by atoms with Crippen molar-refractivity contribution in [2.24, 2.45) is 0 Å². The first-order chi connectivity index (χ1) is 13.2. The molecule has 0 saturated heterocycles. The highest BCUT2D eigenvalue weighted by Crippen LogP contribution is 2.16. The smallest absolute Gasteiger partial charge is 0.188 e. The van der Waals surface area contributed by atoms with Gasteiger partial charge >= 0.3 is 0 Å². The van der Waals surface area contributed by atoms with Crippen LogP contribution in [0.4, 0.5) is 0 Å². The van der Waals surface area contributed by atoms with E-state index >= 15 is 0 Å². The number of carbonyl (C=O) groups excluding carboxylic acids is 1. The Hall–Kier alpha value is -0.670. The average Bonchev–Trinajstić information content (AvgIpc) is 2.70. The SMILES string of the molecule is CCCCCCCCCCCCCCCC(Br)OCC(=O)c1ccccc1. The summed E-state index contributed by atoms with van der Waals surface area (Å²) in [7, 11) is 0. The first-order valence-corrected chi connectivity index (χ1v) is 12.0. The van der Waals surface area contributed by atoms with Crippen LogP contribution in [0.2, 0.25) is 0 Å². The molecule has 1 atom stereocenters. The van der Waals surface area contributed by atoms with Crippen LogP contribution in [0.25, 0.3) is 0 Å². The second-order valence-corrected chi connectivity index (χ2v) is 8.56. The lowest BCUT2D eigenvalue weighted by Crippen LogP contribution is -2.14. The predicted octanol–water partition coefficient (Wildman–Crippen LogP) is 8.09. The zero-order valence-electron chi connectivity index (χ0n) is 17.3. The van der Waals surface area contributed by atoms with Crippen LogP contribution in [0.3, 0.4) is 0 Å². The Morgan fingerprint density at radius 2 is 1.30 bits per heavy atom. The Labute approximate surface area is 175 Å². The van der Waals surface area contributed by atoms with Gasteiger partial charge in [0.25, 0.3) is 0 Å². The van der Waals surface area contributed by atoms with E-state index in [2.05, 4.69) is 22.9 Å². The van der Waals surface area contributed by atoms with Crippen LogP contribution in [0.5, 0.6) is 0 Å². The summed E-state index contributed by atoms with van der Waals surface area (Å²) in [6.07, 6.45) is 18.7. The minimum atomic E-state index is -0.0159. The normalized spacial score (nSPS) is 12.2. The maximum absolute atomic E-state index is 12.0. The third kappa shape index (κ3) is 14.0. The molecule has 0 radical (unpaired) electrons. The fourth-order valence-electron chi connectivity index (χ4n) is 3.28. The van der Waals surface area contributed by atoms with Crippen molar-refractivity contribution in [1.82, 2.24) is 0 Å². The molecule has 1 rings (SSSR count). The van der Waals surface area contributed by atoms with Gasteiger partial charge < -0.3 is 4.74 Å². The number of ether oxygens (including phenoxy) is 1. The minimum Gasteiger partial charge on any atom is -0.359 e. The van der Waals surface area contributed by atoms with Crippen molar-refractivity contribution < 1.29 is 9.53 Å². The van der Waals surface area contributed by atoms with Crippen molar-refractivity contribution in [2.45, 2.75) is 102 Å². The molecule has 2 nitrogen and oxygen atoms in total. The molecule has 1 unspecified atom stereocenters. The van der Waals surface area contributed by atoms with Crippen molar-refractivity contribution in [3.63, 3.8) is 0 Å². The van der Waals surface area contributed by atoms with Crippen LogP contribution >= 0.6 is 15.9 Å². The number of unbranched alkanes of at least 4 members (excludes halogenated alkanes) is 12. The molecule has 0 amide bonds. The molecule has 1 aromatic carbocycles. The van der Waals surface area contributed by atoms with Gasteiger partial charge in [-0.05, 0) is 12.8 Å². The number of halogens is 1. The maximum Gasteiger partial charge on any atom is 0.188 e. The summed E-state index contributed by atoms with van der Waals surface area (Å²) in [5.74, 6) is 0.0467. The number of hydrogen-bond donors (Lipinski definition) is 0. The van der Waals surface area contributed by atoms with Gasteiger partial charge in [-0.1, -0.05) is 130 Å². The number of hydrogen-bond acceptors (Lipinski definition) is 2. The number of ketones is 1. The lowest BCUT2D eigenvalue weighted by atomic mass is 10.0. The Balaban J connectivity index is 1.85. The van der Waals surface area contributed by atoms with Gasteiger partial charge in [-0.25, -0.2) is 0 Å². The van der Waals surface area contributed by atoms with E-state index < -0.39 is 0 Å². The summed E-state index contributed by atoms with van der Waals surface area (Å²) in [4.78, 5) is 12.0. The van der Waals surface area contributed by atoms with E-state index in [1.807, 2.05) is 30.3 Å². The van der Waals surface area contributed by atoms with E-state index in [1.54, 1.807) is 0 Å². The summed E-state index contributed by atoms with van der Waals surface area (Å²) in [6.45, 7) is 2.43. The highest BCUT2D eigenvalue weighted by Gasteiger charge is 2.09. The molecule has 0 aliphatic carbocycles. The molecule has 0 heterocycles. The molecule has 0 fully saturated rings. The number of rotatable bonds is 18. The summed E-state index contributed by atoms with van der Waals surface area (Å²) in [5, 5.41) is -0.0159. The Bertz CT molecular complexity index is 461. The third-order valence-corrected chi connectivity index (χ3v) is 5.75. The summed E-state index contributed by atoms with van der Waals surface area (Å²) < 4.78 is 5.63. The molecule has 27 heavy (non-hydrogen) atoms. The Morgan fingerprint density at radius 3 is 1.81 bits per heavy atom. The molecule has 0 bridgehead atoms. The van der Waals surface area contributed by atoms with Gasteiger partial charge in [-0.15, -0.1) is 0 Å². The largest absolute Gasteiger partial charge is 0.359 e. The van der Waals surface area contributed by atoms with Crippen molar-refractivity contribution >= 4 is 21.7 Å². The van der Waals surface area contributed by atoms with Crippen molar-refractivity contribution in [3.05, 3.63) is 35.9 Å². The molecule has 0 spiro atoms. The molecule has 1 aromatic rings. The van der Waals surface area contributed by atoms with Gasteiger partial charge in [0.1, 0.15) is 11.6 Å². The average molecular weight is 439 g/mol. The number of carbonyl (C=O) groups is 1. The van der Waals surface area contributed by atoms with Gasteiger partial charge in [0.2, 0.25) is 0 Å². The van der Waals surface area contributed by atoms with E-state index in [0.717, 1.165) is 18.4 Å². The molecule has 0 saturated carbocycles. The van der Waals surface area contributed by atoms with Crippen LogP contribution in [-0.2, 0) is 4.74 Å². The lowest BCUT2D eigenvalue weighted by molar-refractivity contribution is 0.0700. The van der Waals surface area contributed by atoms with E-state index in [0.29, 0.717) is 0 Å². The van der Waals surface area contributed by atoms with E-state index in [1.165, 1.54) is 77.0 Å². The second kappa shape index (κ2) is 17.4. The van der Waals surface area contributed by atoms with Crippen LogP contribution in [0.1, 0.15) is 107 Å². The highest BCUT2D eigenvalue weighted by atomic mass is 79.9. The van der Waals surface area contributed by atoms with E-state index in [4.69, 9.17) is 4.74 Å². The minimum absolute atomic E-state index is 0.0159. The van der Waals surface area contributed by atoms with Crippen molar-refractivity contribution in [3.8, 4) is 0 Å². The number of Topliss-reactive ketones (excluding diaryl/α,β-unsaturated/α-hetero) is 1. The molecule has 0 aliphatic heterocycles. The zero-order chi connectivity index (χ0) is 19.6. The Morgan fingerprint density at radius 1 is 0.815 bits per heavy atom. The fraction of sp³-hybridized carbons (Fsp3) is 0.708. The molecular weight excluding hydrogens is 400 g/mol. The molecular formula is C24H39BrO2. The van der Waals surface area contributed by atoms with Crippen LogP contribution < -0.4 is 0 Å². The van der Waals surface area contributed by atoms with Gasteiger partial charge in [0, 0.05) is 5.56 Å². The second-order valence-electron chi connectivity index (χ2n) is 7.54. The molecule has 0 N–H and O–H groups in total. The Kier molecular flexibility index (Phi) is 15.7. The van der Waals surface area contributed by atoms with Gasteiger partial charge in [0.15, 0.2) is 5.78 Å². The molecule has 154 valence electrons. The molecule has 0 aromatic heterocycles. The quantitative estimate of drug-likeness (QED) is 0.131. The predicted molar refractivity (Wildman–Crippen MR) is 120 cm³/mol. The van der Waals surface area contributed by atoms with Gasteiger partial charge in [0.05, 0.1) is 0 Å². The topological polar surface area (TPSA) is 26.3 Å². The number of benzene rings is 1. The highest BCUT2D eigenvalue weighted by molar-refractivity contribution is 9.09. The number of alkyl halides is 1. The van der Waals surface area contributed by atoms with Gasteiger partial charge in [-0.2, -0.15) is 0 Å². The lowest BCUT2D eigenvalue weighted by Gasteiger charge is -2.11. The van der Waals surface area contributed by atoms with Crippen molar-refractivity contribution in [1.29, 1.82) is 0 Å². The first-order valence-electron chi connectivity index (χ1n) is 11.1. The van der Waals surface area contributed by atoms with E-state index in [9.17, 15) is 4.79 Å². The van der Waals surface area contributed by atoms with Crippen LogP contribution in [0.15, 0.2) is 30.3 Å². The third-order valence-electron chi connectivity index (χ3n) is 5.03. The summed E-state index contributed by atoms with van der Waals surface area (Å²) >= 11 is 3.54. The summed E-state index contributed by atoms with van der Waals surface area (Å²) in [5.41, 5.74) is 0.721. The maximum atomic E-state index is 12.0. The molecule has 0 aliphatic rings. The monoisotopic (exact) mass is 438 g/mol. The van der Waals surface area contributed by atoms with Crippen LogP contribution in [-0.4, -0.2) is 17.4 Å². The van der Waals surface area contributed by atoms with Gasteiger partial charge in [-0.3, -0.25) is 4.79 Å². The summed E-state index contributed by atoms with van der Waals surface area (Å²) in [6, 6.07) is 9.35. The fourth-order valence-corrected chi connectivity index (χ4v) is 3.74. The van der Waals surface area contributed by atoms with E-state index in [-0.39, 0.29) is 17.4 Å². The van der Waals surface area contributed by atoms with Crippen LogP contribution in [0, 0.1) is 0 Å².